The molecule has 0 radical (unpaired) electrons. The summed E-state index contributed by atoms with van der Waals surface area (Å²) >= 11 is 0. The van der Waals surface area contributed by atoms with Crippen molar-refractivity contribution in [3.8, 4) is 0 Å². The number of alkyl halides is 6. The van der Waals surface area contributed by atoms with Gasteiger partial charge in [-0.2, -0.15) is 26.3 Å². The summed E-state index contributed by atoms with van der Waals surface area (Å²) < 4.78 is 79.4. The van der Waals surface area contributed by atoms with Gasteiger partial charge >= 0.3 is 12.4 Å². The molecule has 0 saturated carbocycles. The number of piperazine rings is 1. The number of aliphatic imine (C=N–C) groups is 1. The van der Waals surface area contributed by atoms with Crippen molar-refractivity contribution in [3.63, 3.8) is 0 Å². The lowest BCUT2D eigenvalue weighted by atomic mass is 10.0. The van der Waals surface area contributed by atoms with E-state index in [4.69, 9.17) is 0 Å². The van der Waals surface area contributed by atoms with Crippen molar-refractivity contribution >= 4 is 36.7 Å². The molecule has 0 aliphatic carbocycles. The fourth-order valence-electron chi connectivity index (χ4n) is 4.71. The van der Waals surface area contributed by atoms with Crippen molar-refractivity contribution in [2.45, 2.75) is 24.8 Å². The fraction of sp³-hybridized carbons (Fsp3) is 0.462. The minimum absolute atomic E-state index is 0. The molecule has 222 valence electrons. The largest absolute Gasteiger partial charge is 0.416 e. The van der Waals surface area contributed by atoms with Crippen molar-refractivity contribution in [1.29, 1.82) is 0 Å². The fourth-order valence-corrected chi connectivity index (χ4v) is 4.71. The first-order valence-electron chi connectivity index (χ1n) is 12.3. The predicted molar refractivity (Wildman–Crippen MR) is 145 cm³/mol. The summed E-state index contributed by atoms with van der Waals surface area (Å²) in [5, 5.41) is 3.24. The van der Waals surface area contributed by atoms with Crippen LogP contribution in [0.1, 0.15) is 28.3 Å². The number of halogens is 8. The van der Waals surface area contributed by atoms with Gasteiger partial charge in [0.15, 0.2) is 5.96 Å². The number of nitrogens with one attached hydrogen (secondary N) is 1. The summed E-state index contributed by atoms with van der Waals surface area (Å²) in [4.78, 5) is 23.6. The molecule has 2 aromatic rings. The van der Waals surface area contributed by atoms with Gasteiger partial charge in [-0.1, -0.05) is 30.3 Å². The molecule has 1 fully saturated rings. The number of hydrogen-bond acceptors (Lipinski definition) is 5. The van der Waals surface area contributed by atoms with Gasteiger partial charge in [-0.25, -0.2) is 0 Å². The topological polar surface area (TPSA) is 51.2 Å². The van der Waals surface area contributed by atoms with Crippen molar-refractivity contribution in [1.82, 2.24) is 20.0 Å². The van der Waals surface area contributed by atoms with Crippen LogP contribution in [-0.4, -0.2) is 79.4 Å². The van der Waals surface area contributed by atoms with Crippen molar-refractivity contribution in [2.75, 3.05) is 52.9 Å². The van der Waals surface area contributed by atoms with E-state index in [1.807, 2.05) is 35.2 Å². The van der Waals surface area contributed by atoms with E-state index in [0.717, 1.165) is 24.6 Å². The van der Waals surface area contributed by atoms with Crippen LogP contribution in [0.4, 0.5) is 26.3 Å². The Bertz CT molecular complexity index is 1120. The second kappa shape index (κ2) is 13.8. The maximum Gasteiger partial charge on any atom is 0.416 e. The molecule has 2 heterocycles. The number of amides is 1. The van der Waals surface area contributed by atoms with Crippen LogP contribution in [0.3, 0.4) is 0 Å². The summed E-state index contributed by atoms with van der Waals surface area (Å²) in [6, 6.07) is 10.1. The molecule has 0 spiro atoms. The van der Waals surface area contributed by atoms with Crippen LogP contribution in [0.2, 0.25) is 0 Å². The van der Waals surface area contributed by atoms with E-state index >= 15 is 0 Å². The van der Waals surface area contributed by atoms with E-state index in [1.165, 1.54) is 11.9 Å². The summed E-state index contributed by atoms with van der Waals surface area (Å²) in [6.45, 7) is 3.98. The molecule has 1 atom stereocenters. The van der Waals surface area contributed by atoms with Crippen LogP contribution in [0.5, 0.6) is 0 Å². The Morgan fingerprint density at radius 2 is 1.52 bits per heavy atom. The molecule has 14 heteroatoms. The Morgan fingerprint density at radius 3 is 2.02 bits per heavy atom. The molecule has 2 aromatic carbocycles. The smallest absolute Gasteiger partial charge is 0.354 e. The highest BCUT2D eigenvalue weighted by molar-refractivity contribution is 5.86. The quantitative estimate of drug-likeness (QED) is 0.472. The highest BCUT2D eigenvalue weighted by atomic mass is 35.5. The average molecular weight is 614 g/mol. The third kappa shape index (κ3) is 8.17. The first kappa shape index (κ1) is 33.5. The molecule has 6 nitrogen and oxygen atoms in total. The van der Waals surface area contributed by atoms with Gasteiger partial charge in [0, 0.05) is 46.3 Å². The number of guanidine groups is 1. The molecule has 2 aliphatic heterocycles. The van der Waals surface area contributed by atoms with Gasteiger partial charge in [-0.3, -0.25) is 14.7 Å². The van der Waals surface area contributed by atoms with Gasteiger partial charge in [0.05, 0.1) is 17.7 Å². The van der Waals surface area contributed by atoms with E-state index in [2.05, 4.69) is 15.2 Å². The Labute approximate surface area is 241 Å². The zero-order chi connectivity index (χ0) is 27.5. The number of nitrogens with zero attached hydrogens (tertiary/aromatic N) is 4. The maximum absolute atomic E-state index is 13.6. The Kier molecular flexibility index (Phi) is 11.5. The zero-order valence-electron chi connectivity index (χ0n) is 21.6. The molecule has 1 saturated heterocycles. The van der Waals surface area contributed by atoms with E-state index in [1.54, 1.807) is 0 Å². The van der Waals surface area contributed by atoms with Crippen LogP contribution in [-0.2, 0) is 23.6 Å². The third-order valence-corrected chi connectivity index (χ3v) is 6.74. The van der Waals surface area contributed by atoms with Gasteiger partial charge in [0.25, 0.3) is 0 Å². The van der Waals surface area contributed by atoms with E-state index in [-0.39, 0.29) is 55.3 Å². The first-order valence-corrected chi connectivity index (χ1v) is 12.3. The van der Waals surface area contributed by atoms with Crippen molar-refractivity contribution in [2.24, 2.45) is 4.99 Å². The van der Waals surface area contributed by atoms with Crippen LogP contribution in [0.15, 0.2) is 53.5 Å². The number of rotatable bonds is 6. The second-order valence-corrected chi connectivity index (χ2v) is 9.39. The number of hydrogen-bond donors (Lipinski definition) is 1. The lowest BCUT2D eigenvalue weighted by Gasteiger charge is -2.40. The number of carbonyl (C=O) groups excluding carboxylic acids is 1. The minimum atomic E-state index is -4.92. The summed E-state index contributed by atoms with van der Waals surface area (Å²) in [5.41, 5.74) is -2.09. The summed E-state index contributed by atoms with van der Waals surface area (Å²) in [6.07, 6.45) is -9.99. The van der Waals surface area contributed by atoms with Crippen LogP contribution >= 0.6 is 24.8 Å². The number of likely N-dealkylation sites (N-methyl/N-ethyl adjacent to an activating group) is 1. The normalized spacial score (nSPS) is 16.8. The SMILES string of the molecule is CN(CCc1cc(C(F)(F)F)cc(C(F)(F)F)c1)C(=O)C(c1ccccc1)N1CCN(C2=NCCN2)CC1.Cl.Cl. The third-order valence-electron chi connectivity index (χ3n) is 6.74. The number of benzene rings is 2. The standard InChI is InChI=1S/C26H29F6N5O.2ClH/c1-35(10-7-18-15-20(25(27,28)29)17-21(16-18)26(30,31)32)23(38)22(19-5-3-2-4-6-19)36-11-13-37(14-12-36)24-33-8-9-34-24;;/h2-6,15-17,22H,7-14H2,1H3,(H,33,34);2*1H. The first-order chi connectivity index (χ1) is 17.9. The van der Waals surface area contributed by atoms with E-state index in [9.17, 15) is 31.1 Å². The Morgan fingerprint density at radius 1 is 0.950 bits per heavy atom. The van der Waals surface area contributed by atoms with Gasteiger partial charge in [0.2, 0.25) is 5.91 Å². The second-order valence-electron chi connectivity index (χ2n) is 9.39. The van der Waals surface area contributed by atoms with Gasteiger partial charge in [-0.05, 0) is 35.7 Å². The van der Waals surface area contributed by atoms with Crippen LogP contribution in [0.25, 0.3) is 0 Å². The highest BCUT2D eigenvalue weighted by Gasteiger charge is 2.37. The van der Waals surface area contributed by atoms with Crippen molar-refractivity contribution < 1.29 is 31.1 Å². The van der Waals surface area contributed by atoms with Crippen LogP contribution in [0, 0.1) is 0 Å². The molecule has 4 rings (SSSR count). The van der Waals surface area contributed by atoms with Gasteiger partial charge in [-0.15, -0.1) is 24.8 Å². The highest BCUT2D eigenvalue weighted by Crippen LogP contribution is 2.36. The molecular formula is C26H31Cl2F6N5O. The molecular weight excluding hydrogens is 583 g/mol. The number of carbonyl (C=O) groups is 1. The molecule has 1 unspecified atom stereocenters. The summed E-state index contributed by atoms with van der Waals surface area (Å²) in [7, 11) is 1.52. The zero-order valence-corrected chi connectivity index (χ0v) is 23.3. The molecule has 1 N–H and O–H groups in total. The van der Waals surface area contributed by atoms with Crippen molar-refractivity contribution in [3.05, 3.63) is 70.8 Å². The van der Waals surface area contributed by atoms with E-state index in [0.29, 0.717) is 38.3 Å². The lowest BCUT2D eigenvalue weighted by Crippen LogP contribution is -2.54. The Hall–Kier alpha value is -2.70. The van der Waals surface area contributed by atoms with Gasteiger partial charge < -0.3 is 15.1 Å². The van der Waals surface area contributed by atoms with Crippen LogP contribution < -0.4 is 5.32 Å². The monoisotopic (exact) mass is 613 g/mol. The molecule has 0 aromatic heterocycles. The molecule has 0 bridgehead atoms. The van der Waals surface area contributed by atoms with E-state index < -0.39 is 29.5 Å². The average Bonchev–Trinajstić information content (AvgIpc) is 3.42. The lowest BCUT2D eigenvalue weighted by molar-refractivity contribution is -0.143. The molecule has 40 heavy (non-hydrogen) atoms. The Balaban J connectivity index is 0.00000280. The van der Waals surface area contributed by atoms with Gasteiger partial charge in [0.1, 0.15) is 6.04 Å². The predicted octanol–water partition coefficient (Wildman–Crippen LogP) is 4.89. The maximum atomic E-state index is 13.6. The molecule has 2 aliphatic rings. The summed E-state index contributed by atoms with van der Waals surface area (Å²) in [5.74, 6) is 0.577. The molecule has 1 amide bonds. The minimum Gasteiger partial charge on any atom is -0.354 e.